The summed E-state index contributed by atoms with van der Waals surface area (Å²) < 4.78 is 5.46. The first-order chi connectivity index (χ1) is 6.13. The van der Waals surface area contributed by atoms with Crippen LogP contribution < -0.4 is 0 Å². The molecular formula is C12H24O. The predicted molar refractivity (Wildman–Crippen MR) is 56.8 cm³/mol. The number of hydrogen-bond donors (Lipinski definition) is 0. The molecule has 0 saturated heterocycles. The summed E-state index contributed by atoms with van der Waals surface area (Å²) in [6.45, 7) is 6.99. The molecule has 3 atom stereocenters. The second-order valence-corrected chi connectivity index (χ2v) is 5.06. The molecule has 0 bridgehead atoms. The van der Waals surface area contributed by atoms with Gasteiger partial charge >= 0.3 is 0 Å². The Kier molecular flexibility index (Phi) is 4.24. The summed E-state index contributed by atoms with van der Waals surface area (Å²) in [5.74, 6) is 2.58. The Labute approximate surface area is 82.9 Å². The minimum Gasteiger partial charge on any atom is -0.381 e. The first kappa shape index (κ1) is 11.0. The minimum absolute atomic E-state index is 0.531. The predicted octanol–water partition coefficient (Wildman–Crippen LogP) is 3.48. The van der Waals surface area contributed by atoms with Crippen molar-refractivity contribution in [3.63, 3.8) is 0 Å². The molecule has 0 aromatic rings. The molecule has 78 valence electrons. The number of ether oxygens (including phenoxy) is 1. The normalized spacial score (nSPS) is 35.3. The van der Waals surface area contributed by atoms with Crippen LogP contribution >= 0.6 is 0 Å². The average Bonchev–Trinajstić information content (AvgIpc) is 2.03. The third kappa shape index (κ3) is 3.30. The molecule has 0 amide bonds. The maximum Gasteiger partial charge on any atom is 0.0597 e. The molecule has 0 aliphatic heterocycles. The number of hydrogen-bond acceptors (Lipinski definition) is 1. The monoisotopic (exact) mass is 184 g/mol. The van der Waals surface area contributed by atoms with Gasteiger partial charge in [-0.2, -0.15) is 0 Å². The lowest BCUT2D eigenvalue weighted by Crippen LogP contribution is -2.29. The lowest BCUT2D eigenvalue weighted by Gasteiger charge is -2.34. The van der Waals surface area contributed by atoms with Crippen LogP contribution in [0.4, 0.5) is 0 Å². The largest absolute Gasteiger partial charge is 0.381 e. The van der Waals surface area contributed by atoms with Gasteiger partial charge in [-0.05, 0) is 43.4 Å². The van der Waals surface area contributed by atoms with Crippen LogP contribution in [0.2, 0.25) is 0 Å². The van der Waals surface area contributed by atoms with Gasteiger partial charge in [0.15, 0.2) is 0 Å². The Hall–Kier alpha value is -0.0400. The zero-order chi connectivity index (χ0) is 9.84. The molecule has 0 aromatic carbocycles. The van der Waals surface area contributed by atoms with E-state index in [1.54, 1.807) is 0 Å². The molecular weight excluding hydrogens is 160 g/mol. The third-order valence-corrected chi connectivity index (χ3v) is 3.31. The zero-order valence-corrected chi connectivity index (χ0v) is 9.55. The van der Waals surface area contributed by atoms with Gasteiger partial charge in [-0.25, -0.2) is 0 Å². The van der Waals surface area contributed by atoms with E-state index < -0.39 is 0 Å². The smallest absolute Gasteiger partial charge is 0.0597 e. The maximum atomic E-state index is 5.46. The van der Waals surface area contributed by atoms with Crippen LogP contribution in [0.3, 0.4) is 0 Å². The third-order valence-electron chi connectivity index (χ3n) is 3.31. The van der Waals surface area contributed by atoms with Crippen LogP contribution in [0.1, 0.15) is 46.5 Å². The van der Waals surface area contributed by atoms with E-state index in [1.807, 2.05) is 7.11 Å². The summed E-state index contributed by atoms with van der Waals surface area (Å²) in [5, 5.41) is 0. The molecule has 0 spiro atoms. The molecule has 0 N–H and O–H groups in total. The van der Waals surface area contributed by atoms with Crippen molar-refractivity contribution >= 4 is 0 Å². The van der Waals surface area contributed by atoms with Gasteiger partial charge in [0, 0.05) is 7.11 Å². The Morgan fingerprint density at radius 2 is 2.00 bits per heavy atom. The Morgan fingerprint density at radius 1 is 1.31 bits per heavy atom. The number of methoxy groups -OCH3 is 1. The van der Waals surface area contributed by atoms with Crippen molar-refractivity contribution in [3.05, 3.63) is 0 Å². The van der Waals surface area contributed by atoms with Gasteiger partial charge in [0.25, 0.3) is 0 Å². The van der Waals surface area contributed by atoms with Crippen molar-refractivity contribution in [3.8, 4) is 0 Å². The summed E-state index contributed by atoms with van der Waals surface area (Å²) in [6.07, 6.45) is 5.96. The summed E-state index contributed by atoms with van der Waals surface area (Å²) in [4.78, 5) is 0. The van der Waals surface area contributed by atoms with E-state index in [-0.39, 0.29) is 0 Å². The lowest BCUT2D eigenvalue weighted by molar-refractivity contribution is 0.0123. The Balaban J connectivity index is 2.32. The molecule has 0 heterocycles. The van der Waals surface area contributed by atoms with Crippen molar-refractivity contribution in [1.29, 1.82) is 0 Å². The molecule has 0 radical (unpaired) electrons. The minimum atomic E-state index is 0.531. The molecule has 1 nitrogen and oxygen atoms in total. The van der Waals surface area contributed by atoms with E-state index in [9.17, 15) is 0 Å². The van der Waals surface area contributed by atoms with Crippen molar-refractivity contribution < 1.29 is 4.74 Å². The van der Waals surface area contributed by atoms with Gasteiger partial charge in [-0.15, -0.1) is 0 Å². The molecule has 1 aliphatic carbocycles. The highest BCUT2D eigenvalue weighted by atomic mass is 16.5. The van der Waals surface area contributed by atoms with Crippen LogP contribution in [0.5, 0.6) is 0 Å². The van der Waals surface area contributed by atoms with Crippen molar-refractivity contribution in [2.75, 3.05) is 7.11 Å². The van der Waals surface area contributed by atoms with E-state index >= 15 is 0 Å². The van der Waals surface area contributed by atoms with Gasteiger partial charge in [0.05, 0.1) is 6.10 Å². The number of rotatable bonds is 3. The van der Waals surface area contributed by atoms with Crippen LogP contribution in [-0.2, 0) is 4.74 Å². The van der Waals surface area contributed by atoms with Gasteiger partial charge in [0.1, 0.15) is 0 Å². The first-order valence-corrected chi connectivity index (χ1v) is 5.66. The van der Waals surface area contributed by atoms with Crippen molar-refractivity contribution in [2.24, 2.45) is 17.8 Å². The second-order valence-electron chi connectivity index (χ2n) is 5.06. The lowest BCUT2D eigenvalue weighted by atomic mass is 9.77. The van der Waals surface area contributed by atoms with Crippen LogP contribution in [0.25, 0.3) is 0 Å². The van der Waals surface area contributed by atoms with Crippen LogP contribution in [0.15, 0.2) is 0 Å². The molecule has 1 saturated carbocycles. The molecule has 0 aromatic heterocycles. The van der Waals surface area contributed by atoms with Crippen LogP contribution in [-0.4, -0.2) is 13.2 Å². The summed E-state index contributed by atoms with van der Waals surface area (Å²) >= 11 is 0. The topological polar surface area (TPSA) is 9.23 Å². The standard InChI is InChI=1S/C12H24O/c1-9(2)7-11-5-6-12(13-4)10(3)8-11/h9-12H,5-8H2,1-4H3/t10-,11+,12-/m1/s1. The highest BCUT2D eigenvalue weighted by molar-refractivity contribution is 4.78. The fourth-order valence-electron chi connectivity index (χ4n) is 2.71. The van der Waals surface area contributed by atoms with Crippen LogP contribution in [0, 0.1) is 17.8 Å². The highest BCUT2D eigenvalue weighted by Crippen LogP contribution is 2.34. The van der Waals surface area contributed by atoms with Gasteiger partial charge in [-0.1, -0.05) is 20.8 Å². The second kappa shape index (κ2) is 4.99. The molecule has 1 rings (SSSR count). The van der Waals surface area contributed by atoms with E-state index in [0.717, 1.165) is 17.8 Å². The first-order valence-electron chi connectivity index (χ1n) is 5.66. The van der Waals surface area contributed by atoms with Crippen molar-refractivity contribution in [1.82, 2.24) is 0 Å². The van der Waals surface area contributed by atoms with Gasteiger partial charge < -0.3 is 4.74 Å². The fraction of sp³-hybridized carbons (Fsp3) is 1.00. The maximum absolute atomic E-state index is 5.46. The fourth-order valence-corrected chi connectivity index (χ4v) is 2.71. The van der Waals surface area contributed by atoms with E-state index in [4.69, 9.17) is 4.74 Å². The van der Waals surface area contributed by atoms with E-state index in [2.05, 4.69) is 20.8 Å². The Bertz CT molecular complexity index is 142. The summed E-state index contributed by atoms with van der Waals surface area (Å²) in [7, 11) is 1.85. The molecule has 1 fully saturated rings. The van der Waals surface area contributed by atoms with E-state index in [0.29, 0.717) is 6.10 Å². The highest BCUT2D eigenvalue weighted by Gasteiger charge is 2.27. The summed E-state index contributed by atoms with van der Waals surface area (Å²) in [5.41, 5.74) is 0. The quantitative estimate of drug-likeness (QED) is 0.652. The molecule has 13 heavy (non-hydrogen) atoms. The summed E-state index contributed by atoms with van der Waals surface area (Å²) in [6, 6.07) is 0. The average molecular weight is 184 g/mol. The van der Waals surface area contributed by atoms with Crippen molar-refractivity contribution in [2.45, 2.75) is 52.6 Å². The molecule has 0 unspecified atom stereocenters. The Morgan fingerprint density at radius 3 is 2.46 bits per heavy atom. The van der Waals surface area contributed by atoms with E-state index in [1.165, 1.54) is 25.7 Å². The molecule has 1 heteroatoms. The SMILES string of the molecule is CO[C@@H]1CC[C@@H](CC(C)C)C[C@H]1C. The zero-order valence-electron chi connectivity index (χ0n) is 9.55. The van der Waals surface area contributed by atoms with Gasteiger partial charge in [-0.3, -0.25) is 0 Å². The molecule has 1 aliphatic rings. The van der Waals surface area contributed by atoms with Gasteiger partial charge in [0.2, 0.25) is 0 Å².